The third-order valence-electron chi connectivity index (χ3n) is 3.59. The number of anilines is 1. The molecule has 0 aliphatic heterocycles. The monoisotopic (exact) mass is 301 g/mol. The lowest BCUT2D eigenvalue weighted by Crippen LogP contribution is -2.36. The molecule has 0 spiro atoms. The second-order valence-electron chi connectivity index (χ2n) is 5.69. The highest BCUT2D eigenvalue weighted by atomic mass is 16.2. The molecule has 1 heterocycles. The fourth-order valence-corrected chi connectivity index (χ4v) is 2.56. The molecule has 1 atom stereocenters. The number of H-pyrrole nitrogens is 1. The average Bonchev–Trinajstić information content (AvgIpc) is 2.46. The Morgan fingerprint density at radius 3 is 2.41 bits per heavy atom. The van der Waals surface area contributed by atoms with Crippen LogP contribution < -0.4 is 16.6 Å². The molecule has 0 saturated carbocycles. The first-order valence-corrected chi connectivity index (χ1v) is 7.70. The maximum atomic E-state index is 12.1. The van der Waals surface area contributed by atoms with Gasteiger partial charge < -0.3 is 5.32 Å². The van der Waals surface area contributed by atoms with Crippen molar-refractivity contribution in [2.24, 2.45) is 0 Å². The smallest absolute Gasteiger partial charge is 0.330 e. The lowest BCUT2D eigenvalue weighted by Gasteiger charge is -2.20. The standard InChI is InChI=1S/C17H23N3O2/c1-4-8-14(13-9-6-5-7-10-13)18-15-11-16(21)20(12(2)3)17(22)19-15/h5-7,9-12,14,18H,4,8H2,1-3H3,(H,19,22). The maximum Gasteiger partial charge on any atom is 0.330 e. The van der Waals surface area contributed by atoms with Crippen molar-refractivity contribution < 1.29 is 0 Å². The van der Waals surface area contributed by atoms with E-state index in [2.05, 4.69) is 17.2 Å². The number of benzene rings is 1. The fourth-order valence-electron chi connectivity index (χ4n) is 2.56. The third-order valence-corrected chi connectivity index (χ3v) is 3.59. The summed E-state index contributed by atoms with van der Waals surface area (Å²) in [5.74, 6) is 0.467. The summed E-state index contributed by atoms with van der Waals surface area (Å²) in [5, 5.41) is 3.28. The predicted octanol–water partition coefficient (Wildman–Crippen LogP) is 3.07. The predicted molar refractivity (Wildman–Crippen MR) is 89.4 cm³/mol. The van der Waals surface area contributed by atoms with Gasteiger partial charge in [-0.15, -0.1) is 0 Å². The van der Waals surface area contributed by atoms with Crippen molar-refractivity contribution in [1.29, 1.82) is 0 Å². The van der Waals surface area contributed by atoms with Crippen LogP contribution in [-0.4, -0.2) is 9.55 Å². The summed E-state index contributed by atoms with van der Waals surface area (Å²) in [6.45, 7) is 5.73. The molecule has 2 N–H and O–H groups in total. The summed E-state index contributed by atoms with van der Waals surface area (Å²) in [5.41, 5.74) is 0.469. The van der Waals surface area contributed by atoms with E-state index >= 15 is 0 Å². The van der Waals surface area contributed by atoms with Gasteiger partial charge in [-0.05, 0) is 25.8 Å². The molecule has 0 radical (unpaired) electrons. The fraction of sp³-hybridized carbons (Fsp3) is 0.412. The Morgan fingerprint density at radius 1 is 1.18 bits per heavy atom. The molecule has 1 aromatic heterocycles. The topological polar surface area (TPSA) is 66.9 Å². The van der Waals surface area contributed by atoms with Gasteiger partial charge in [-0.1, -0.05) is 43.7 Å². The zero-order valence-electron chi connectivity index (χ0n) is 13.3. The minimum absolute atomic E-state index is 0.0659. The van der Waals surface area contributed by atoms with E-state index in [1.54, 1.807) is 0 Å². The van der Waals surface area contributed by atoms with Gasteiger partial charge in [0.15, 0.2) is 0 Å². The summed E-state index contributed by atoms with van der Waals surface area (Å²) in [4.78, 5) is 26.9. The zero-order chi connectivity index (χ0) is 16.1. The molecule has 0 aliphatic carbocycles. The van der Waals surface area contributed by atoms with Gasteiger partial charge in [-0.2, -0.15) is 0 Å². The lowest BCUT2D eigenvalue weighted by molar-refractivity contribution is 0.545. The van der Waals surface area contributed by atoms with Crippen LogP contribution >= 0.6 is 0 Å². The number of hydrogen-bond donors (Lipinski definition) is 2. The van der Waals surface area contributed by atoms with Gasteiger partial charge in [0.1, 0.15) is 5.82 Å². The molecule has 0 saturated heterocycles. The second kappa shape index (κ2) is 7.11. The summed E-state index contributed by atoms with van der Waals surface area (Å²) in [6.07, 6.45) is 1.92. The van der Waals surface area contributed by atoms with Gasteiger partial charge >= 0.3 is 5.69 Å². The van der Waals surface area contributed by atoms with Gasteiger partial charge in [0.25, 0.3) is 5.56 Å². The Kier molecular flexibility index (Phi) is 5.20. The number of rotatable bonds is 6. The second-order valence-corrected chi connectivity index (χ2v) is 5.69. The summed E-state index contributed by atoms with van der Waals surface area (Å²) < 4.78 is 1.21. The molecule has 0 bridgehead atoms. The van der Waals surface area contributed by atoms with E-state index in [1.807, 2.05) is 44.2 Å². The number of aromatic amines is 1. The van der Waals surface area contributed by atoms with Crippen molar-refractivity contribution in [3.8, 4) is 0 Å². The zero-order valence-corrected chi connectivity index (χ0v) is 13.3. The molecular weight excluding hydrogens is 278 g/mol. The van der Waals surface area contributed by atoms with Crippen molar-refractivity contribution in [2.75, 3.05) is 5.32 Å². The normalized spacial score (nSPS) is 12.4. The minimum atomic E-state index is -0.381. The summed E-state index contributed by atoms with van der Waals surface area (Å²) in [7, 11) is 0. The van der Waals surface area contributed by atoms with Crippen molar-refractivity contribution in [3.63, 3.8) is 0 Å². The third kappa shape index (κ3) is 3.67. The van der Waals surface area contributed by atoms with E-state index < -0.39 is 0 Å². The van der Waals surface area contributed by atoms with E-state index in [4.69, 9.17) is 0 Å². The van der Waals surface area contributed by atoms with E-state index in [0.29, 0.717) is 5.82 Å². The molecular formula is C17H23N3O2. The molecule has 0 fully saturated rings. The first-order valence-electron chi connectivity index (χ1n) is 7.70. The molecule has 1 aromatic carbocycles. The molecule has 2 aromatic rings. The molecule has 1 unspecified atom stereocenters. The van der Waals surface area contributed by atoms with Crippen LogP contribution in [0.5, 0.6) is 0 Å². The van der Waals surface area contributed by atoms with Gasteiger partial charge in [-0.25, -0.2) is 4.79 Å². The quantitative estimate of drug-likeness (QED) is 0.861. The Hall–Kier alpha value is -2.30. The number of nitrogens with zero attached hydrogens (tertiary/aromatic N) is 1. The highest BCUT2D eigenvalue weighted by Gasteiger charge is 2.13. The molecule has 0 aliphatic rings. The Bertz CT molecular complexity index is 685. The Morgan fingerprint density at radius 2 is 1.86 bits per heavy atom. The van der Waals surface area contributed by atoms with E-state index in [-0.39, 0.29) is 23.3 Å². The van der Waals surface area contributed by atoms with Gasteiger partial charge in [-0.3, -0.25) is 14.3 Å². The molecule has 118 valence electrons. The SMILES string of the molecule is CCCC(Nc1cc(=O)n(C(C)C)c(=O)[nH]1)c1ccccc1. The molecule has 2 rings (SSSR count). The van der Waals surface area contributed by atoms with E-state index in [9.17, 15) is 9.59 Å². The first-order chi connectivity index (χ1) is 10.5. The molecule has 22 heavy (non-hydrogen) atoms. The van der Waals surface area contributed by atoms with Crippen LogP contribution in [0, 0.1) is 0 Å². The van der Waals surface area contributed by atoms with Crippen LogP contribution in [0.1, 0.15) is 51.3 Å². The molecule has 0 amide bonds. The van der Waals surface area contributed by atoms with Gasteiger partial charge in [0.05, 0.1) is 6.04 Å². The number of aromatic nitrogens is 2. The van der Waals surface area contributed by atoms with E-state index in [0.717, 1.165) is 18.4 Å². The van der Waals surface area contributed by atoms with Gasteiger partial charge in [0.2, 0.25) is 0 Å². The van der Waals surface area contributed by atoms with Crippen LogP contribution in [0.25, 0.3) is 0 Å². The summed E-state index contributed by atoms with van der Waals surface area (Å²) >= 11 is 0. The highest BCUT2D eigenvalue weighted by molar-refractivity contribution is 5.37. The lowest BCUT2D eigenvalue weighted by atomic mass is 10.0. The van der Waals surface area contributed by atoms with Crippen LogP contribution in [-0.2, 0) is 0 Å². The van der Waals surface area contributed by atoms with Crippen molar-refractivity contribution in [3.05, 3.63) is 62.8 Å². The number of nitrogens with one attached hydrogen (secondary N) is 2. The van der Waals surface area contributed by atoms with Crippen LogP contribution in [0.2, 0.25) is 0 Å². The van der Waals surface area contributed by atoms with Crippen LogP contribution in [0.4, 0.5) is 5.82 Å². The van der Waals surface area contributed by atoms with Crippen LogP contribution in [0.15, 0.2) is 46.0 Å². The minimum Gasteiger partial charge on any atom is -0.365 e. The van der Waals surface area contributed by atoms with Gasteiger partial charge in [0, 0.05) is 12.1 Å². The van der Waals surface area contributed by atoms with Crippen molar-refractivity contribution in [1.82, 2.24) is 9.55 Å². The van der Waals surface area contributed by atoms with E-state index in [1.165, 1.54) is 10.6 Å². The average molecular weight is 301 g/mol. The number of hydrogen-bond acceptors (Lipinski definition) is 3. The molecule has 5 heteroatoms. The van der Waals surface area contributed by atoms with Crippen molar-refractivity contribution in [2.45, 2.75) is 45.7 Å². The maximum absolute atomic E-state index is 12.1. The summed E-state index contributed by atoms with van der Waals surface area (Å²) in [6, 6.07) is 11.4. The largest absolute Gasteiger partial charge is 0.365 e. The van der Waals surface area contributed by atoms with Crippen molar-refractivity contribution >= 4 is 5.82 Å². The van der Waals surface area contributed by atoms with Crippen LogP contribution in [0.3, 0.4) is 0 Å². The Labute approximate surface area is 130 Å². The highest BCUT2D eigenvalue weighted by Crippen LogP contribution is 2.21. The Balaban J connectivity index is 2.32. The first kappa shape index (κ1) is 16.1. The molecule has 5 nitrogen and oxygen atoms in total.